The van der Waals surface area contributed by atoms with Crippen LogP contribution in [0.5, 0.6) is 0 Å². The van der Waals surface area contributed by atoms with Crippen LogP contribution >= 0.6 is 34.5 Å². The van der Waals surface area contributed by atoms with Gasteiger partial charge in [-0.25, -0.2) is 0 Å². The molecule has 1 heterocycles. The zero-order valence-corrected chi connectivity index (χ0v) is 15.4. The fraction of sp³-hybridized carbons (Fsp3) is 0.118. The maximum atomic E-state index is 12.4. The number of aromatic nitrogens is 1. The highest BCUT2D eigenvalue weighted by Crippen LogP contribution is 2.25. The van der Waals surface area contributed by atoms with Crippen LogP contribution in [0.2, 0.25) is 10.0 Å². The van der Waals surface area contributed by atoms with Crippen molar-refractivity contribution >= 4 is 56.6 Å². The molecular weight excluding hydrogens is 383 g/mol. The molecule has 2 aromatic carbocycles. The van der Waals surface area contributed by atoms with Gasteiger partial charge in [0.25, 0.3) is 5.91 Å². The van der Waals surface area contributed by atoms with Gasteiger partial charge in [-0.15, -0.1) is 0 Å². The summed E-state index contributed by atoms with van der Waals surface area (Å²) < 4.78 is 7.13. The molecule has 3 aromatic rings. The van der Waals surface area contributed by atoms with E-state index in [4.69, 9.17) is 27.9 Å². The van der Waals surface area contributed by atoms with E-state index in [0.717, 1.165) is 4.70 Å². The van der Waals surface area contributed by atoms with Gasteiger partial charge >= 0.3 is 5.97 Å². The average Bonchev–Trinajstić information content (AvgIpc) is 2.93. The standard InChI is InChI=1S/C17H12Cl2N2O3S/c1-24-14(22)9-21-15-12(19)3-2-4-13(15)25-17(21)20-16(23)10-5-7-11(18)8-6-10/h2-8H,9H2,1H3. The van der Waals surface area contributed by atoms with Crippen LogP contribution in [-0.2, 0) is 16.1 Å². The van der Waals surface area contributed by atoms with Gasteiger partial charge in [0, 0.05) is 10.6 Å². The molecule has 5 nitrogen and oxygen atoms in total. The summed E-state index contributed by atoms with van der Waals surface area (Å²) in [5.41, 5.74) is 1.04. The summed E-state index contributed by atoms with van der Waals surface area (Å²) in [6.45, 7) is -0.0903. The fourth-order valence-corrected chi connectivity index (χ4v) is 3.77. The summed E-state index contributed by atoms with van der Waals surface area (Å²) in [7, 11) is 1.30. The molecule has 25 heavy (non-hydrogen) atoms. The van der Waals surface area contributed by atoms with Crippen molar-refractivity contribution in [3.8, 4) is 0 Å². The Bertz CT molecular complexity index is 1020. The van der Waals surface area contributed by atoms with Gasteiger partial charge in [0.05, 0.1) is 22.3 Å². The molecule has 0 fully saturated rings. The molecule has 0 spiro atoms. The van der Waals surface area contributed by atoms with Gasteiger partial charge < -0.3 is 9.30 Å². The van der Waals surface area contributed by atoms with Crippen LogP contribution in [0.4, 0.5) is 0 Å². The van der Waals surface area contributed by atoms with Crippen molar-refractivity contribution in [2.24, 2.45) is 4.99 Å². The Morgan fingerprint density at radius 2 is 1.88 bits per heavy atom. The molecule has 1 amide bonds. The van der Waals surface area contributed by atoms with E-state index in [1.54, 1.807) is 41.0 Å². The number of halogens is 2. The number of fused-ring (bicyclic) bond motifs is 1. The topological polar surface area (TPSA) is 60.7 Å². The van der Waals surface area contributed by atoms with Crippen LogP contribution in [0.3, 0.4) is 0 Å². The number of hydrogen-bond acceptors (Lipinski definition) is 4. The van der Waals surface area contributed by atoms with Crippen LogP contribution < -0.4 is 4.80 Å². The fourth-order valence-electron chi connectivity index (χ4n) is 2.26. The molecule has 0 bridgehead atoms. The number of benzene rings is 2. The lowest BCUT2D eigenvalue weighted by atomic mass is 10.2. The third-order valence-corrected chi connectivity index (χ3v) is 5.06. The highest BCUT2D eigenvalue weighted by atomic mass is 35.5. The summed E-state index contributed by atoms with van der Waals surface area (Å²) in [6, 6.07) is 11.8. The zero-order chi connectivity index (χ0) is 18.0. The normalized spacial score (nSPS) is 11.7. The van der Waals surface area contributed by atoms with Gasteiger partial charge in [0.15, 0.2) is 4.80 Å². The molecule has 0 radical (unpaired) electrons. The number of carbonyl (C=O) groups is 2. The van der Waals surface area contributed by atoms with Crippen LogP contribution in [-0.4, -0.2) is 23.6 Å². The first-order valence-corrected chi connectivity index (χ1v) is 8.76. The van der Waals surface area contributed by atoms with Crippen molar-refractivity contribution in [3.05, 3.63) is 62.9 Å². The molecule has 0 aliphatic carbocycles. The van der Waals surface area contributed by atoms with Crippen molar-refractivity contribution in [2.75, 3.05) is 7.11 Å². The van der Waals surface area contributed by atoms with Gasteiger partial charge in [-0.1, -0.05) is 40.6 Å². The lowest BCUT2D eigenvalue weighted by Gasteiger charge is -2.04. The van der Waals surface area contributed by atoms with Crippen molar-refractivity contribution in [3.63, 3.8) is 0 Å². The monoisotopic (exact) mass is 394 g/mol. The first-order chi connectivity index (χ1) is 12.0. The molecule has 0 atom stereocenters. The summed E-state index contributed by atoms with van der Waals surface area (Å²) >= 11 is 13.4. The average molecular weight is 395 g/mol. The number of methoxy groups -OCH3 is 1. The number of carbonyl (C=O) groups excluding carboxylic acids is 2. The van der Waals surface area contributed by atoms with Crippen molar-refractivity contribution < 1.29 is 14.3 Å². The first kappa shape index (κ1) is 17.7. The van der Waals surface area contributed by atoms with Gasteiger partial charge in [0.1, 0.15) is 6.54 Å². The number of thiazole rings is 1. The van der Waals surface area contributed by atoms with Crippen molar-refractivity contribution in [2.45, 2.75) is 6.54 Å². The predicted molar refractivity (Wildman–Crippen MR) is 98.2 cm³/mol. The summed E-state index contributed by atoms with van der Waals surface area (Å²) in [5.74, 6) is -0.891. The second kappa shape index (κ2) is 7.39. The van der Waals surface area contributed by atoms with Gasteiger partial charge in [-0.05, 0) is 36.4 Å². The molecule has 0 aliphatic rings. The predicted octanol–water partition coefficient (Wildman–Crippen LogP) is 3.92. The number of ether oxygens (including phenoxy) is 1. The minimum Gasteiger partial charge on any atom is -0.468 e. The third-order valence-electron chi connectivity index (χ3n) is 3.46. The minimum absolute atomic E-state index is 0.0903. The van der Waals surface area contributed by atoms with Gasteiger partial charge in [-0.2, -0.15) is 4.99 Å². The molecule has 128 valence electrons. The molecule has 3 rings (SSSR count). The Balaban J connectivity index is 2.15. The van der Waals surface area contributed by atoms with E-state index in [1.165, 1.54) is 18.4 Å². The number of nitrogens with zero attached hydrogens (tertiary/aromatic N) is 2. The third kappa shape index (κ3) is 3.76. The number of amides is 1. The maximum absolute atomic E-state index is 12.4. The maximum Gasteiger partial charge on any atom is 0.325 e. The molecule has 0 saturated carbocycles. The second-order valence-corrected chi connectivity index (χ2v) is 6.91. The van der Waals surface area contributed by atoms with Gasteiger partial charge in [0.2, 0.25) is 0 Å². The smallest absolute Gasteiger partial charge is 0.325 e. The van der Waals surface area contributed by atoms with Crippen molar-refractivity contribution in [1.29, 1.82) is 0 Å². The van der Waals surface area contributed by atoms with E-state index in [-0.39, 0.29) is 6.54 Å². The quantitative estimate of drug-likeness (QED) is 0.632. The van der Waals surface area contributed by atoms with Crippen LogP contribution in [0.15, 0.2) is 47.5 Å². The first-order valence-electron chi connectivity index (χ1n) is 7.19. The number of esters is 1. The zero-order valence-electron chi connectivity index (χ0n) is 13.0. The van der Waals surface area contributed by atoms with Gasteiger partial charge in [-0.3, -0.25) is 9.59 Å². The van der Waals surface area contributed by atoms with Crippen LogP contribution in [0.25, 0.3) is 10.2 Å². The Morgan fingerprint density at radius 1 is 1.16 bits per heavy atom. The molecule has 1 aromatic heterocycles. The lowest BCUT2D eigenvalue weighted by molar-refractivity contribution is -0.141. The Hall–Kier alpha value is -2.15. The Kier molecular flexibility index (Phi) is 5.22. The molecule has 0 saturated heterocycles. The molecule has 0 unspecified atom stereocenters. The van der Waals surface area contributed by atoms with E-state index < -0.39 is 11.9 Å². The van der Waals surface area contributed by atoms with E-state index >= 15 is 0 Å². The SMILES string of the molecule is COC(=O)Cn1c(=NC(=O)c2ccc(Cl)cc2)sc2cccc(Cl)c21. The Labute approximate surface area is 157 Å². The molecular formula is C17H12Cl2N2O3S. The molecule has 0 aliphatic heterocycles. The Morgan fingerprint density at radius 3 is 2.56 bits per heavy atom. The summed E-state index contributed by atoms with van der Waals surface area (Å²) in [5, 5.41) is 1.00. The minimum atomic E-state index is -0.458. The molecule has 8 heteroatoms. The van der Waals surface area contributed by atoms with Crippen molar-refractivity contribution in [1.82, 2.24) is 4.57 Å². The van der Waals surface area contributed by atoms with E-state index in [9.17, 15) is 9.59 Å². The number of hydrogen-bond donors (Lipinski definition) is 0. The lowest BCUT2D eigenvalue weighted by Crippen LogP contribution is -2.22. The highest BCUT2D eigenvalue weighted by molar-refractivity contribution is 7.16. The van der Waals surface area contributed by atoms with E-state index in [0.29, 0.717) is 25.9 Å². The summed E-state index contributed by atoms with van der Waals surface area (Å²) in [6.07, 6.45) is 0. The number of rotatable bonds is 3. The highest BCUT2D eigenvalue weighted by Gasteiger charge is 2.14. The van der Waals surface area contributed by atoms with E-state index in [1.807, 2.05) is 6.07 Å². The second-order valence-electron chi connectivity index (χ2n) is 5.06. The van der Waals surface area contributed by atoms with Crippen LogP contribution in [0, 0.1) is 0 Å². The molecule has 0 N–H and O–H groups in total. The largest absolute Gasteiger partial charge is 0.468 e. The summed E-state index contributed by atoms with van der Waals surface area (Å²) in [4.78, 5) is 28.7. The van der Waals surface area contributed by atoms with E-state index in [2.05, 4.69) is 4.99 Å². The van der Waals surface area contributed by atoms with Crippen LogP contribution in [0.1, 0.15) is 10.4 Å². The number of para-hydroxylation sites is 1.